The van der Waals surface area contributed by atoms with Crippen LogP contribution in [-0.4, -0.2) is 23.7 Å². The van der Waals surface area contributed by atoms with Crippen molar-refractivity contribution in [3.8, 4) is 0 Å². The minimum atomic E-state index is -4.38. The number of hydrogen-bond donors (Lipinski definition) is 1. The number of halogens is 3. The molecule has 1 N–H and O–H groups in total. The number of aliphatic hydroxyl groups is 1. The highest BCUT2D eigenvalue weighted by Gasteiger charge is 2.33. The molecule has 1 aromatic carbocycles. The lowest BCUT2D eigenvalue weighted by Crippen LogP contribution is -2.29. The molecule has 0 bridgehead atoms. The fourth-order valence-corrected chi connectivity index (χ4v) is 1.75. The molecule has 1 atom stereocenters. The first-order valence-electron chi connectivity index (χ1n) is 5.06. The van der Waals surface area contributed by atoms with E-state index >= 15 is 0 Å². The van der Waals surface area contributed by atoms with E-state index in [1.165, 1.54) is 17.0 Å². The van der Waals surface area contributed by atoms with Crippen LogP contribution < -0.4 is 4.90 Å². The van der Waals surface area contributed by atoms with E-state index in [2.05, 4.69) is 0 Å². The molecule has 1 saturated heterocycles. The van der Waals surface area contributed by atoms with Crippen LogP contribution in [0.5, 0.6) is 0 Å². The van der Waals surface area contributed by atoms with Crippen molar-refractivity contribution in [3.05, 3.63) is 29.8 Å². The summed E-state index contributed by atoms with van der Waals surface area (Å²) in [5.74, 6) is -0.468. The summed E-state index contributed by atoms with van der Waals surface area (Å²) in [4.78, 5) is 12.7. The second-order valence-corrected chi connectivity index (χ2v) is 3.84. The Bertz CT molecular complexity index is 427. The van der Waals surface area contributed by atoms with Crippen LogP contribution in [0, 0.1) is 0 Å². The Morgan fingerprint density at radius 1 is 1.24 bits per heavy atom. The van der Waals surface area contributed by atoms with Crippen LogP contribution in [0.15, 0.2) is 24.3 Å². The zero-order chi connectivity index (χ0) is 12.6. The van der Waals surface area contributed by atoms with Crippen LogP contribution in [0.4, 0.5) is 18.9 Å². The maximum atomic E-state index is 12.3. The maximum Gasteiger partial charge on any atom is 0.416 e. The smallest absolute Gasteiger partial charge is 0.383 e. The van der Waals surface area contributed by atoms with Gasteiger partial charge in [-0.05, 0) is 24.3 Å². The van der Waals surface area contributed by atoms with Gasteiger partial charge in [0, 0.05) is 18.7 Å². The number of nitrogens with zero attached hydrogens (tertiary/aromatic N) is 1. The SMILES string of the molecule is O=C1[C@H](O)CCN1c1ccc(C(F)(F)F)cc1. The first-order valence-corrected chi connectivity index (χ1v) is 5.06. The summed E-state index contributed by atoms with van der Waals surface area (Å²) < 4.78 is 36.9. The van der Waals surface area contributed by atoms with Crippen molar-refractivity contribution in [1.82, 2.24) is 0 Å². The van der Waals surface area contributed by atoms with Crippen LogP contribution in [0.3, 0.4) is 0 Å². The molecule has 0 radical (unpaired) electrons. The normalized spacial score (nSPS) is 21.1. The van der Waals surface area contributed by atoms with E-state index in [4.69, 9.17) is 0 Å². The number of anilines is 1. The fourth-order valence-electron chi connectivity index (χ4n) is 1.75. The lowest BCUT2D eigenvalue weighted by molar-refractivity contribution is -0.137. The van der Waals surface area contributed by atoms with Crippen molar-refractivity contribution in [2.75, 3.05) is 11.4 Å². The predicted molar refractivity (Wildman–Crippen MR) is 54.4 cm³/mol. The Labute approximate surface area is 95.5 Å². The molecule has 1 amide bonds. The average molecular weight is 245 g/mol. The van der Waals surface area contributed by atoms with E-state index in [0.29, 0.717) is 18.7 Å². The third kappa shape index (κ3) is 2.26. The van der Waals surface area contributed by atoms with Crippen LogP contribution in [0.2, 0.25) is 0 Å². The van der Waals surface area contributed by atoms with Gasteiger partial charge in [0.1, 0.15) is 6.10 Å². The number of alkyl halides is 3. The van der Waals surface area contributed by atoms with Gasteiger partial charge in [0.2, 0.25) is 0 Å². The van der Waals surface area contributed by atoms with Gasteiger partial charge in [-0.15, -0.1) is 0 Å². The lowest BCUT2D eigenvalue weighted by atomic mass is 10.2. The van der Waals surface area contributed by atoms with E-state index in [1.54, 1.807) is 0 Å². The predicted octanol–water partition coefficient (Wildman–Crippen LogP) is 1.80. The molecule has 0 aliphatic carbocycles. The van der Waals surface area contributed by atoms with E-state index in [0.717, 1.165) is 12.1 Å². The molecule has 17 heavy (non-hydrogen) atoms. The highest BCUT2D eigenvalue weighted by atomic mass is 19.4. The van der Waals surface area contributed by atoms with Gasteiger partial charge in [-0.3, -0.25) is 4.79 Å². The van der Waals surface area contributed by atoms with Crippen molar-refractivity contribution >= 4 is 11.6 Å². The Hall–Kier alpha value is -1.56. The molecule has 1 heterocycles. The molecule has 2 rings (SSSR count). The van der Waals surface area contributed by atoms with Gasteiger partial charge in [-0.2, -0.15) is 13.2 Å². The molecular formula is C11H10F3NO2. The van der Waals surface area contributed by atoms with Gasteiger partial charge in [-0.25, -0.2) is 0 Å². The van der Waals surface area contributed by atoms with E-state index in [9.17, 15) is 23.1 Å². The van der Waals surface area contributed by atoms with E-state index in [1.807, 2.05) is 0 Å². The van der Waals surface area contributed by atoms with Crippen LogP contribution in [-0.2, 0) is 11.0 Å². The molecule has 0 saturated carbocycles. The Morgan fingerprint density at radius 2 is 1.82 bits per heavy atom. The number of carbonyl (C=O) groups is 1. The summed E-state index contributed by atoms with van der Waals surface area (Å²) in [6.45, 7) is 0.325. The molecule has 92 valence electrons. The fraction of sp³-hybridized carbons (Fsp3) is 0.364. The summed E-state index contributed by atoms with van der Waals surface area (Å²) in [5, 5.41) is 9.24. The molecule has 1 aliphatic rings. The third-order valence-electron chi connectivity index (χ3n) is 2.68. The molecule has 1 fully saturated rings. The molecular weight excluding hydrogens is 235 g/mol. The van der Waals surface area contributed by atoms with Gasteiger partial charge in [0.25, 0.3) is 5.91 Å². The van der Waals surface area contributed by atoms with Crippen LogP contribution in [0.25, 0.3) is 0 Å². The summed E-state index contributed by atoms with van der Waals surface area (Å²) >= 11 is 0. The van der Waals surface area contributed by atoms with Crippen molar-refractivity contribution in [3.63, 3.8) is 0 Å². The second-order valence-electron chi connectivity index (χ2n) is 3.84. The number of benzene rings is 1. The molecule has 6 heteroatoms. The van der Waals surface area contributed by atoms with E-state index in [-0.39, 0.29) is 0 Å². The van der Waals surface area contributed by atoms with Crippen LogP contribution in [0.1, 0.15) is 12.0 Å². The van der Waals surface area contributed by atoms with Gasteiger partial charge in [-0.1, -0.05) is 0 Å². The van der Waals surface area contributed by atoms with Crippen molar-refractivity contribution in [1.29, 1.82) is 0 Å². The van der Waals surface area contributed by atoms with Gasteiger partial charge in [0.15, 0.2) is 0 Å². The van der Waals surface area contributed by atoms with E-state index < -0.39 is 23.8 Å². The first kappa shape index (κ1) is 11.9. The summed E-state index contributed by atoms with van der Waals surface area (Å²) in [5.41, 5.74) is -0.381. The quantitative estimate of drug-likeness (QED) is 0.819. The minimum Gasteiger partial charge on any atom is -0.383 e. The zero-order valence-corrected chi connectivity index (χ0v) is 8.74. The molecule has 3 nitrogen and oxygen atoms in total. The molecule has 1 aromatic rings. The summed E-state index contributed by atoms with van der Waals surface area (Å²) in [6.07, 6.45) is -5.12. The molecule has 0 spiro atoms. The monoisotopic (exact) mass is 245 g/mol. The Balaban J connectivity index is 2.22. The molecule has 0 unspecified atom stereocenters. The highest BCUT2D eigenvalue weighted by Crippen LogP contribution is 2.31. The number of rotatable bonds is 1. The number of amides is 1. The van der Waals surface area contributed by atoms with Gasteiger partial charge < -0.3 is 10.0 Å². The van der Waals surface area contributed by atoms with Crippen molar-refractivity contribution in [2.24, 2.45) is 0 Å². The largest absolute Gasteiger partial charge is 0.416 e. The lowest BCUT2D eigenvalue weighted by Gasteiger charge is -2.16. The molecule has 0 aromatic heterocycles. The van der Waals surface area contributed by atoms with Crippen LogP contribution >= 0.6 is 0 Å². The number of carbonyl (C=O) groups excluding carboxylic acids is 1. The third-order valence-corrected chi connectivity index (χ3v) is 2.68. The summed E-state index contributed by atoms with van der Waals surface area (Å²) in [6, 6.07) is 4.32. The average Bonchev–Trinajstić information content (AvgIpc) is 2.59. The topological polar surface area (TPSA) is 40.5 Å². The molecule has 1 aliphatic heterocycles. The second kappa shape index (κ2) is 4.03. The van der Waals surface area contributed by atoms with Gasteiger partial charge in [0.05, 0.1) is 5.56 Å². The standard InChI is InChI=1S/C11H10F3NO2/c12-11(13,14)7-1-3-8(4-2-7)15-6-5-9(16)10(15)17/h1-4,9,16H,5-6H2/t9-/m1/s1. The summed E-state index contributed by atoms with van der Waals surface area (Å²) in [7, 11) is 0. The van der Waals surface area contributed by atoms with Crippen molar-refractivity contribution in [2.45, 2.75) is 18.7 Å². The first-order chi connectivity index (χ1) is 7.89. The Kier molecular flexibility index (Phi) is 2.82. The Morgan fingerprint density at radius 3 is 2.24 bits per heavy atom. The minimum absolute atomic E-state index is 0.305. The maximum absolute atomic E-state index is 12.3. The number of aliphatic hydroxyl groups excluding tert-OH is 1. The highest BCUT2D eigenvalue weighted by molar-refractivity contribution is 5.98. The number of hydrogen-bond acceptors (Lipinski definition) is 2. The van der Waals surface area contributed by atoms with Crippen molar-refractivity contribution < 1.29 is 23.1 Å². The van der Waals surface area contributed by atoms with Gasteiger partial charge >= 0.3 is 6.18 Å². The zero-order valence-electron chi connectivity index (χ0n) is 8.74.